The molecule has 2 heterocycles. The highest BCUT2D eigenvalue weighted by atomic mass is 16.6. The molecule has 0 atom stereocenters. The van der Waals surface area contributed by atoms with Crippen LogP contribution >= 0.6 is 0 Å². The molecule has 0 aliphatic heterocycles. The Morgan fingerprint density at radius 1 is 0.500 bits per heavy atom. The zero-order valence-electron chi connectivity index (χ0n) is 23.4. The van der Waals surface area contributed by atoms with Crippen LogP contribution in [0.3, 0.4) is 0 Å². The van der Waals surface area contributed by atoms with Gasteiger partial charge in [0.25, 0.3) is 11.4 Å². The van der Waals surface area contributed by atoms with Gasteiger partial charge in [-0.2, -0.15) is 9.13 Å². The Bertz CT molecular complexity index is 2010. The van der Waals surface area contributed by atoms with E-state index in [0.29, 0.717) is 13.1 Å². The van der Waals surface area contributed by atoms with Crippen LogP contribution in [-0.4, -0.2) is 19.0 Å². The molecular weight excluding hydrogens is 556 g/mol. The molecule has 214 valence electrons. The number of nitro benzene ring substituents is 2. The number of non-ortho nitro benzene ring substituents is 2. The van der Waals surface area contributed by atoms with Gasteiger partial charge in [-0.05, 0) is 59.7 Å². The van der Waals surface area contributed by atoms with E-state index < -0.39 is 9.85 Å². The first kappa shape index (κ1) is 26.7. The first-order chi connectivity index (χ1) is 21.4. The largest absolute Gasteiger partial charge is 0.269 e. The maximum atomic E-state index is 11.1. The van der Waals surface area contributed by atoms with Crippen LogP contribution in [0.25, 0.3) is 33.4 Å². The average molecular weight is 583 g/mol. The number of rotatable bonds is 8. The van der Waals surface area contributed by atoms with Crippen molar-refractivity contribution in [3.05, 3.63) is 165 Å². The smallest absolute Gasteiger partial charge is 0.258 e. The Kier molecular flexibility index (Phi) is 6.63. The number of para-hydroxylation sites is 4. The van der Waals surface area contributed by atoms with Gasteiger partial charge < -0.3 is 0 Å². The van der Waals surface area contributed by atoms with Gasteiger partial charge in [0.05, 0.1) is 9.85 Å². The van der Waals surface area contributed by atoms with Crippen molar-refractivity contribution in [1.82, 2.24) is 9.13 Å². The van der Waals surface area contributed by atoms with Crippen LogP contribution < -0.4 is 9.13 Å². The SMILES string of the molecule is O=[N+]([O-])c1ccc(-n2c[n+](Cc3ccc(C[n+]4cn(-c5ccc([N+](=O)[O-])cc5)c5ccccc54)cc3)c3ccccc32)cc1. The molecule has 0 aliphatic rings. The predicted octanol–water partition coefficient (Wildman–Crippen LogP) is 6.06. The molecule has 0 fully saturated rings. The van der Waals surface area contributed by atoms with Crippen LogP contribution in [0.4, 0.5) is 11.4 Å². The van der Waals surface area contributed by atoms with Crippen LogP contribution in [0.1, 0.15) is 11.1 Å². The van der Waals surface area contributed by atoms with Gasteiger partial charge in [0.15, 0.2) is 22.1 Å². The van der Waals surface area contributed by atoms with Crippen molar-refractivity contribution in [2.75, 3.05) is 0 Å². The first-order valence-electron chi connectivity index (χ1n) is 14.0. The third kappa shape index (κ3) is 4.94. The number of imidazole rings is 2. The fourth-order valence-electron chi connectivity index (χ4n) is 5.63. The molecule has 0 saturated carbocycles. The highest BCUT2D eigenvalue weighted by Gasteiger charge is 2.20. The summed E-state index contributed by atoms with van der Waals surface area (Å²) in [5.74, 6) is 0. The standard InChI is InChI=1S/C34H26N6O4/c41-39(42)29-17-13-27(14-18-29)37-23-35(31-5-1-3-7-33(31)37)21-25-9-11-26(12-10-25)22-36-24-38(34-8-4-2-6-32(34)36)28-15-19-30(20-16-28)40(43)44/h1-20,23-24H,21-22H2/q+2. The number of nitrogens with zero attached hydrogens (tertiary/aromatic N) is 6. The minimum atomic E-state index is -0.392. The van der Waals surface area contributed by atoms with Gasteiger partial charge in [0, 0.05) is 24.3 Å². The summed E-state index contributed by atoms with van der Waals surface area (Å²) in [4.78, 5) is 21.4. The number of hydrogen-bond donors (Lipinski definition) is 0. The number of nitro groups is 2. The van der Waals surface area contributed by atoms with E-state index in [9.17, 15) is 20.2 Å². The van der Waals surface area contributed by atoms with Crippen LogP contribution in [0.5, 0.6) is 0 Å². The molecule has 10 nitrogen and oxygen atoms in total. The number of fused-ring (bicyclic) bond motifs is 2. The fraction of sp³-hybridized carbons (Fsp3) is 0.0588. The van der Waals surface area contributed by atoms with Crippen LogP contribution in [-0.2, 0) is 13.1 Å². The lowest BCUT2D eigenvalue weighted by molar-refractivity contribution is -0.663. The lowest BCUT2D eigenvalue weighted by atomic mass is 10.1. The van der Waals surface area contributed by atoms with Crippen molar-refractivity contribution < 1.29 is 19.0 Å². The van der Waals surface area contributed by atoms with Crippen LogP contribution in [0.15, 0.2) is 134 Å². The van der Waals surface area contributed by atoms with E-state index in [4.69, 9.17) is 0 Å². The van der Waals surface area contributed by atoms with Crippen molar-refractivity contribution in [3.8, 4) is 11.4 Å². The quantitative estimate of drug-likeness (QED) is 0.123. The summed E-state index contributed by atoms with van der Waals surface area (Å²) < 4.78 is 8.45. The predicted molar refractivity (Wildman–Crippen MR) is 165 cm³/mol. The topological polar surface area (TPSA) is 104 Å². The van der Waals surface area contributed by atoms with Crippen molar-refractivity contribution in [3.63, 3.8) is 0 Å². The summed E-state index contributed by atoms with van der Waals surface area (Å²) in [7, 11) is 0. The van der Waals surface area contributed by atoms with E-state index in [1.165, 1.54) is 24.3 Å². The van der Waals surface area contributed by atoms with Gasteiger partial charge in [-0.3, -0.25) is 20.2 Å². The van der Waals surface area contributed by atoms with Crippen molar-refractivity contribution in [2.45, 2.75) is 13.1 Å². The molecule has 2 aromatic heterocycles. The molecule has 0 spiro atoms. The van der Waals surface area contributed by atoms with Gasteiger partial charge >= 0.3 is 0 Å². The lowest BCUT2D eigenvalue weighted by Crippen LogP contribution is -2.33. The zero-order chi connectivity index (χ0) is 30.2. The molecule has 7 aromatic rings. The summed E-state index contributed by atoms with van der Waals surface area (Å²) in [5, 5.41) is 22.2. The highest BCUT2D eigenvalue weighted by Crippen LogP contribution is 2.22. The Morgan fingerprint density at radius 3 is 1.23 bits per heavy atom. The summed E-state index contributed by atoms with van der Waals surface area (Å²) in [5.41, 5.74) is 8.26. The molecule has 0 amide bonds. The van der Waals surface area contributed by atoms with E-state index >= 15 is 0 Å². The number of hydrogen-bond acceptors (Lipinski definition) is 4. The second-order valence-electron chi connectivity index (χ2n) is 10.6. The summed E-state index contributed by atoms with van der Waals surface area (Å²) >= 11 is 0. The van der Waals surface area contributed by atoms with E-state index in [1.807, 2.05) is 58.2 Å². The minimum absolute atomic E-state index is 0.0623. The Labute approximate surface area is 251 Å². The summed E-state index contributed by atoms with van der Waals surface area (Å²) in [6, 6.07) is 37.9. The maximum Gasteiger partial charge on any atom is 0.269 e. The zero-order valence-corrected chi connectivity index (χ0v) is 23.4. The molecule has 0 aliphatic carbocycles. The van der Waals surface area contributed by atoms with Crippen molar-refractivity contribution in [1.29, 1.82) is 0 Å². The molecule has 0 N–H and O–H groups in total. The monoisotopic (exact) mass is 582 g/mol. The average Bonchev–Trinajstić information content (AvgIpc) is 3.60. The Morgan fingerprint density at radius 2 is 0.864 bits per heavy atom. The fourth-order valence-corrected chi connectivity index (χ4v) is 5.63. The second-order valence-corrected chi connectivity index (χ2v) is 10.6. The Hall–Kier alpha value is -6.16. The second kappa shape index (κ2) is 10.9. The van der Waals surface area contributed by atoms with E-state index in [-0.39, 0.29) is 11.4 Å². The van der Waals surface area contributed by atoms with Crippen molar-refractivity contribution in [2.24, 2.45) is 0 Å². The molecule has 5 aromatic carbocycles. The van der Waals surface area contributed by atoms with Crippen LogP contribution in [0, 0.1) is 20.2 Å². The minimum Gasteiger partial charge on any atom is -0.258 e. The molecule has 0 unspecified atom stereocenters. The van der Waals surface area contributed by atoms with Crippen LogP contribution in [0.2, 0.25) is 0 Å². The van der Waals surface area contributed by atoms with Crippen molar-refractivity contribution >= 4 is 33.4 Å². The normalized spacial score (nSPS) is 11.3. The third-order valence-electron chi connectivity index (χ3n) is 7.82. The molecule has 10 heteroatoms. The Balaban J connectivity index is 1.15. The van der Waals surface area contributed by atoms with Gasteiger partial charge in [-0.1, -0.05) is 48.5 Å². The van der Waals surface area contributed by atoms with E-state index in [1.54, 1.807) is 24.3 Å². The summed E-state index contributed by atoms with van der Waals surface area (Å²) in [6.07, 6.45) is 4.06. The molecule has 0 bridgehead atoms. The molecule has 44 heavy (non-hydrogen) atoms. The molecule has 0 radical (unpaired) electrons. The molecule has 7 rings (SSSR count). The van der Waals surface area contributed by atoms with Gasteiger partial charge in [0.2, 0.25) is 12.7 Å². The number of benzene rings is 5. The molecular formula is C34H26N6O4+2. The van der Waals surface area contributed by atoms with Gasteiger partial charge in [0.1, 0.15) is 24.5 Å². The third-order valence-corrected chi connectivity index (χ3v) is 7.82. The van der Waals surface area contributed by atoms with Gasteiger partial charge in [-0.15, -0.1) is 0 Å². The van der Waals surface area contributed by atoms with Gasteiger partial charge in [-0.25, -0.2) is 9.13 Å². The lowest BCUT2D eigenvalue weighted by Gasteiger charge is -2.03. The first-order valence-corrected chi connectivity index (χ1v) is 14.0. The molecule has 0 saturated heterocycles. The van der Waals surface area contributed by atoms with E-state index in [2.05, 4.69) is 45.5 Å². The van der Waals surface area contributed by atoms with E-state index in [0.717, 1.165) is 44.6 Å². The summed E-state index contributed by atoms with van der Waals surface area (Å²) in [6.45, 7) is 1.32. The number of aromatic nitrogens is 4. The maximum absolute atomic E-state index is 11.1. The highest BCUT2D eigenvalue weighted by molar-refractivity contribution is 5.75.